The van der Waals surface area contributed by atoms with Crippen LogP contribution >= 0.6 is 11.3 Å². The van der Waals surface area contributed by atoms with Gasteiger partial charge < -0.3 is 10.6 Å². The molecule has 1 heterocycles. The van der Waals surface area contributed by atoms with Crippen molar-refractivity contribution in [2.24, 2.45) is 0 Å². The minimum Gasteiger partial charge on any atom is -0.355 e. The second-order valence-corrected chi connectivity index (χ2v) is 7.12. The van der Waals surface area contributed by atoms with Crippen LogP contribution in [0.4, 0.5) is 18.9 Å². The van der Waals surface area contributed by atoms with Gasteiger partial charge in [-0.25, -0.2) is 4.98 Å². The number of hydrogen-bond acceptors (Lipinski definition) is 4. The Morgan fingerprint density at radius 3 is 2.14 bits per heavy atom. The molecule has 0 spiro atoms. The first-order valence-electron chi connectivity index (χ1n) is 8.47. The lowest BCUT2D eigenvalue weighted by atomic mass is 10.1. The number of aromatic nitrogens is 1. The molecule has 3 aromatic rings. The fourth-order valence-corrected chi connectivity index (χ4v) is 3.54. The summed E-state index contributed by atoms with van der Waals surface area (Å²) in [5.74, 6) is -0.617. The average Bonchev–Trinajstić information content (AvgIpc) is 3.09. The van der Waals surface area contributed by atoms with Crippen molar-refractivity contribution in [3.8, 4) is 10.6 Å². The van der Waals surface area contributed by atoms with Gasteiger partial charge >= 0.3 is 6.18 Å². The quantitative estimate of drug-likeness (QED) is 0.641. The van der Waals surface area contributed by atoms with Gasteiger partial charge in [-0.1, -0.05) is 12.1 Å². The Labute approximate surface area is 168 Å². The van der Waals surface area contributed by atoms with Crippen LogP contribution < -0.4 is 10.6 Å². The summed E-state index contributed by atoms with van der Waals surface area (Å²) >= 11 is 1.10. The maximum Gasteiger partial charge on any atom is 0.416 e. The van der Waals surface area contributed by atoms with Gasteiger partial charge in [0.05, 0.1) is 11.3 Å². The molecule has 0 aliphatic rings. The van der Waals surface area contributed by atoms with Crippen molar-refractivity contribution in [1.29, 1.82) is 0 Å². The summed E-state index contributed by atoms with van der Waals surface area (Å²) in [5, 5.41) is 5.69. The number of hydrogen-bond donors (Lipinski definition) is 2. The molecular formula is C20H16F3N3O2S. The van der Waals surface area contributed by atoms with E-state index in [4.69, 9.17) is 0 Å². The molecule has 0 aliphatic carbocycles. The fraction of sp³-hybridized carbons (Fsp3) is 0.150. The predicted octanol–water partition coefficient (Wildman–Crippen LogP) is 4.75. The summed E-state index contributed by atoms with van der Waals surface area (Å²) in [7, 11) is 1.53. The molecule has 0 aliphatic heterocycles. The van der Waals surface area contributed by atoms with E-state index in [1.165, 1.54) is 19.2 Å². The SMILES string of the molecule is CNC(=O)c1ccc(NC(=O)c2sc(-c3ccc(C(F)(F)F)cc3)nc2C)cc1. The van der Waals surface area contributed by atoms with Crippen LogP contribution in [0.1, 0.15) is 31.3 Å². The van der Waals surface area contributed by atoms with Gasteiger partial charge in [0.2, 0.25) is 0 Å². The maximum absolute atomic E-state index is 12.7. The molecule has 0 bridgehead atoms. The van der Waals surface area contributed by atoms with Gasteiger partial charge in [0, 0.05) is 23.9 Å². The molecule has 0 saturated carbocycles. The van der Waals surface area contributed by atoms with Crippen molar-refractivity contribution in [3.05, 3.63) is 70.2 Å². The van der Waals surface area contributed by atoms with Gasteiger partial charge in [0.15, 0.2) is 0 Å². The monoisotopic (exact) mass is 419 g/mol. The first-order valence-corrected chi connectivity index (χ1v) is 9.29. The minimum absolute atomic E-state index is 0.234. The van der Waals surface area contributed by atoms with E-state index < -0.39 is 11.7 Å². The largest absolute Gasteiger partial charge is 0.416 e. The standard InChI is InChI=1S/C20H16F3N3O2S/c1-11-16(18(28)26-15-9-5-12(6-10-15)17(27)24-2)29-19(25-11)13-3-7-14(8-4-13)20(21,22)23/h3-10H,1-2H3,(H,24,27)(H,26,28). The first-order chi connectivity index (χ1) is 13.7. The van der Waals surface area contributed by atoms with Crippen molar-refractivity contribution < 1.29 is 22.8 Å². The van der Waals surface area contributed by atoms with Crippen molar-refractivity contribution in [1.82, 2.24) is 10.3 Å². The third kappa shape index (κ3) is 4.62. The van der Waals surface area contributed by atoms with Crippen LogP contribution in [-0.4, -0.2) is 23.8 Å². The molecule has 0 radical (unpaired) electrons. The first kappa shape index (κ1) is 20.5. The second-order valence-electron chi connectivity index (χ2n) is 6.12. The van der Waals surface area contributed by atoms with Crippen LogP contribution in [0.5, 0.6) is 0 Å². The van der Waals surface area contributed by atoms with E-state index in [2.05, 4.69) is 15.6 Å². The number of rotatable bonds is 4. The van der Waals surface area contributed by atoms with E-state index in [-0.39, 0.29) is 11.8 Å². The van der Waals surface area contributed by atoms with Gasteiger partial charge in [-0.2, -0.15) is 13.2 Å². The Morgan fingerprint density at radius 2 is 1.59 bits per heavy atom. The number of nitrogens with zero attached hydrogens (tertiary/aromatic N) is 1. The number of thiazole rings is 1. The third-order valence-corrected chi connectivity index (χ3v) is 5.30. The molecule has 9 heteroatoms. The summed E-state index contributed by atoms with van der Waals surface area (Å²) in [6.07, 6.45) is -4.41. The van der Waals surface area contributed by atoms with E-state index in [1.54, 1.807) is 31.2 Å². The zero-order valence-corrected chi connectivity index (χ0v) is 16.2. The van der Waals surface area contributed by atoms with Crippen LogP contribution in [0.2, 0.25) is 0 Å². The summed E-state index contributed by atoms with van der Waals surface area (Å²) in [4.78, 5) is 28.8. The highest BCUT2D eigenvalue weighted by molar-refractivity contribution is 7.17. The van der Waals surface area contributed by atoms with Crippen molar-refractivity contribution in [2.45, 2.75) is 13.1 Å². The smallest absolute Gasteiger partial charge is 0.355 e. The Morgan fingerprint density at radius 1 is 0.966 bits per heavy atom. The van der Waals surface area contributed by atoms with Gasteiger partial charge in [0.1, 0.15) is 9.88 Å². The zero-order valence-electron chi connectivity index (χ0n) is 15.4. The topological polar surface area (TPSA) is 71.1 Å². The molecule has 2 N–H and O–H groups in total. The number of aryl methyl sites for hydroxylation is 1. The van der Waals surface area contributed by atoms with Gasteiger partial charge in [-0.15, -0.1) is 11.3 Å². The normalized spacial score (nSPS) is 11.2. The number of nitrogens with one attached hydrogen (secondary N) is 2. The number of carbonyl (C=O) groups excluding carboxylic acids is 2. The molecule has 0 fully saturated rings. The lowest BCUT2D eigenvalue weighted by Gasteiger charge is -2.06. The Bertz CT molecular complexity index is 1040. The minimum atomic E-state index is -4.41. The van der Waals surface area contributed by atoms with Crippen LogP contribution in [0, 0.1) is 6.92 Å². The lowest BCUT2D eigenvalue weighted by Crippen LogP contribution is -2.17. The van der Waals surface area contributed by atoms with E-state index in [9.17, 15) is 22.8 Å². The second kappa shape index (κ2) is 8.04. The zero-order chi connectivity index (χ0) is 21.2. The highest BCUT2D eigenvalue weighted by Gasteiger charge is 2.30. The number of alkyl halides is 3. The number of carbonyl (C=O) groups is 2. The van der Waals surface area contributed by atoms with Gasteiger partial charge in [-0.05, 0) is 43.3 Å². The highest BCUT2D eigenvalue weighted by atomic mass is 32.1. The van der Waals surface area contributed by atoms with E-state index in [0.29, 0.717) is 32.4 Å². The average molecular weight is 419 g/mol. The molecule has 0 atom stereocenters. The van der Waals surface area contributed by atoms with Crippen molar-refractivity contribution in [3.63, 3.8) is 0 Å². The van der Waals surface area contributed by atoms with E-state index in [0.717, 1.165) is 23.5 Å². The number of anilines is 1. The molecule has 2 aromatic carbocycles. The number of halogens is 3. The van der Waals surface area contributed by atoms with Crippen LogP contribution in [0.25, 0.3) is 10.6 Å². The summed E-state index contributed by atoms with van der Waals surface area (Å²) in [6, 6.07) is 11.0. The summed E-state index contributed by atoms with van der Waals surface area (Å²) < 4.78 is 38.1. The third-order valence-electron chi connectivity index (χ3n) is 4.09. The molecule has 0 saturated heterocycles. The van der Waals surface area contributed by atoms with E-state index in [1.807, 2.05) is 0 Å². The molecule has 150 valence electrons. The molecule has 1 aromatic heterocycles. The Kier molecular flexibility index (Phi) is 5.69. The number of amides is 2. The molecule has 5 nitrogen and oxygen atoms in total. The van der Waals surface area contributed by atoms with Crippen molar-refractivity contribution >= 4 is 28.8 Å². The van der Waals surface area contributed by atoms with Crippen molar-refractivity contribution in [2.75, 3.05) is 12.4 Å². The van der Waals surface area contributed by atoms with Crippen LogP contribution in [-0.2, 0) is 6.18 Å². The van der Waals surface area contributed by atoms with Crippen LogP contribution in [0.15, 0.2) is 48.5 Å². The molecule has 29 heavy (non-hydrogen) atoms. The predicted molar refractivity (Wildman–Crippen MR) is 105 cm³/mol. The highest BCUT2D eigenvalue weighted by Crippen LogP contribution is 2.33. The Hall–Kier alpha value is -3.20. The molecule has 2 amide bonds. The summed E-state index contributed by atoms with van der Waals surface area (Å²) in [6.45, 7) is 1.66. The molecule has 0 unspecified atom stereocenters. The molecular weight excluding hydrogens is 403 g/mol. The lowest BCUT2D eigenvalue weighted by molar-refractivity contribution is -0.137. The van der Waals surface area contributed by atoms with E-state index >= 15 is 0 Å². The maximum atomic E-state index is 12.7. The summed E-state index contributed by atoms with van der Waals surface area (Å²) in [5.41, 5.74) is 1.20. The van der Waals surface area contributed by atoms with Gasteiger partial charge in [0.25, 0.3) is 11.8 Å². The number of benzene rings is 2. The fourth-order valence-electron chi connectivity index (χ4n) is 2.57. The van der Waals surface area contributed by atoms with Crippen LogP contribution in [0.3, 0.4) is 0 Å². The van der Waals surface area contributed by atoms with Gasteiger partial charge in [-0.3, -0.25) is 9.59 Å². The molecule has 3 rings (SSSR count). The Balaban J connectivity index is 1.77.